The van der Waals surface area contributed by atoms with Gasteiger partial charge in [0.05, 0.1) is 6.61 Å². The van der Waals surface area contributed by atoms with Gasteiger partial charge < -0.3 is 10.2 Å². The van der Waals surface area contributed by atoms with Crippen LogP contribution in [0, 0.1) is 0 Å². The van der Waals surface area contributed by atoms with Crippen molar-refractivity contribution in [3.05, 3.63) is 0 Å². The number of hydrogen-bond donors (Lipinski definition) is 2. The molecule has 0 unspecified atom stereocenters. The molecule has 1 amide bonds. The van der Waals surface area contributed by atoms with Crippen LogP contribution in [-0.4, -0.2) is 28.8 Å². The lowest BCUT2D eigenvalue weighted by molar-refractivity contribution is -0.128. The highest BCUT2D eigenvalue weighted by molar-refractivity contribution is 5.77. The second-order valence-electron chi connectivity index (χ2n) is 1.06. The molecular weight excluding hydrogens is 98.0 g/mol. The first-order valence-corrected chi connectivity index (χ1v) is 1.73. The Hall–Kier alpha value is -0.610. The van der Waals surface area contributed by atoms with Gasteiger partial charge in [-0.1, -0.05) is 0 Å². The molecule has 0 saturated heterocycles. The molecule has 0 heterocycles. The van der Waals surface area contributed by atoms with E-state index in [0.29, 0.717) is 0 Å². The summed E-state index contributed by atoms with van der Waals surface area (Å²) in [5.41, 5.74) is 6.13. The molecular formula is C3H6NO3. The lowest BCUT2D eigenvalue weighted by Gasteiger charge is -1.95. The largest absolute Gasteiger partial charge is 0.393 e. The highest BCUT2D eigenvalue weighted by atomic mass is 16.3. The first-order chi connectivity index (χ1) is 3.18. The molecule has 4 heteroatoms. The first-order valence-electron chi connectivity index (χ1n) is 1.73. The van der Waals surface area contributed by atoms with Crippen molar-refractivity contribution in [2.75, 3.05) is 6.61 Å². The standard InChI is InChI=1S/C3H6NO3/c4-3(7)2(6)1-5/h2,4-6H,1H2/t2-/m0/s1. The van der Waals surface area contributed by atoms with Crippen LogP contribution in [0.25, 0.3) is 0 Å². The number of aliphatic hydroxyl groups excluding tert-OH is 2. The van der Waals surface area contributed by atoms with Gasteiger partial charge in [-0.05, 0) is 0 Å². The summed E-state index contributed by atoms with van der Waals surface area (Å²) in [5, 5.41) is 16.1. The highest BCUT2D eigenvalue weighted by Crippen LogP contribution is 1.74. The van der Waals surface area contributed by atoms with Crippen LogP contribution in [-0.2, 0) is 4.79 Å². The van der Waals surface area contributed by atoms with E-state index in [-0.39, 0.29) is 0 Å². The third-order valence-corrected chi connectivity index (χ3v) is 0.476. The van der Waals surface area contributed by atoms with Crippen molar-refractivity contribution in [1.82, 2.24) is 5.73 Å². The summed E-state index contributed by atoms with van der Waals surface area (Å²) in [6.45, 7) is -0.664. The van der Waals surface area contributed by atoms with Gasteiger partial charge in [0.1, 0.15) is 0 Å². The molecule has 0 saturated carbocycles. The molecule has 4 nitrogen and oxygen atoms in total. The van der Waals surface area contributed by atoms with Crippen molar-refractivity contribution in [1.29, 1.82) is 0 Å². The number of hydrogen-bond acceptors (Lipinski definition) is 3. The maximum Gasteiger partial charge on any atom is 0.269 e. The molecule has 0 aromatic heterocycles. The van der Waals surface area contributed by atoms with Gasteiger partial charge in [-0.15, -0.1) is 0 Å². The molecule has 0 fully saturated rings. The Morgan fingerprint density at radius 3 is 2.29 bits per heavy atom. The average Bonchev–Trinajstić information content (AvgIpc) is 1.65. The molecule has 1 radical (unpaired) electrons. The second-order valence-corrected chi connectivity index (χ2v) is 1.06. The minimum atomic E-state index is -1.51. The van der Waals surface area contributed by atoms with E-state index in [1.807, 2.05) is 0 Å². The fourth-order valence-electron chi connectivity index (χ4n) is 0.0829. The van der Waals surface area contributed by atoms with Crippen LogP contribution in [0.3, 0.4) is 0 Å². The van der Waals surface area contributed by atoms with Gasteiger partial charge in [0.25, 0.3) is 5.91 Å². The Labute approximate surface area is 40.6 Å². The normalized spacial score (nSPS) is 13.4. The van der Waals surface area contributed by atoms with E-state index in [0.717, 1.165) is 0 Å². The Bertz CT molecular complexity index is 72.6. The maximum absolute atomic E-state index is 9.63. The first kappa shape index (κ1) is 6.39. The topological polar surface area (TPSA) is 81.3 Å². The van der Waals surface area contributed by atoms with Gasteiger partial charge in [0.15, 0.2) is 6.10 Å². The van der Waals surface area contributed by atoms with E-state index < -0.39 is 18.6 Å². The minimum absolute atomic E-state index is 0.664. The molecule has 0 aliphatic heterocycles. The summed E-state index contributed by atoms with van der Waals surface area (Å²) in [4.78, 5) is 9.63. The maximum atomic E-state index is 9.63. The third kappa shape index (κ3) is 2.13. The second kappa shape index (κ2) is 2.54. The quantitative estimate of drug-likeness (QED) is 0.431. The molecule has 0 aliphatic rings. The predicted octanol–water partition coefficient (Wildman–Crippen LogP) is -1.85. The molecule has 1 atom stereocenters. The lowest BCUT2D eigenvalue weighted by atomic mass is 10.4. The lowest BCUT2D eigenvalue weighted by Crippen LogP contribution is -2.24. The molecule has 0 aromatic rings. The van der Waals surface area contributed by atoms with E-state index in [1.54, 1.807) is 0 Å². The number of carbonyl (C=O) groups is 1. The number of aliphatic hydroxyl groups is 2. The summed E-state index contributed by atoms with van der Waals surface area (Å²) in [6.07, 6.45) is -1.51. The van der Waals surface area contributed by atoms with Gasteiger partial charge in [0.2, 0.25) is 0 Å². The van der Waals surface area contributed by atoms with Crippen LogP contribution < -0.4 is 5.73 Å². The molecule has 0 bridgehead atoms. The monoisotopic (exact) mass is 104 g/mol. The summed E-state index contributed by atoms with van der Waals surface area (Å²) in [5.74, 6) is -1.15. The zero-order chi connectivity index (χ0) is 5.86. The number of amides is 1. The molecule has 0 aliphatic carbocycles. The van der Waals surface area contributed by atoms with Gasteiger partial charge in [-0.3, -0.25) is 10.5 Å². The Balaban J connectivity index is 3.34. The van der Waals surface area contributed by atoms with Crippen LogP contribution in [0.1, 0.15) is 0 Å². The van der Waals surface area contributed by atoms with Crippen LogP contribution in [0.4, 0.5) is 0 Å². The van der Waals surface area contributed by atoms with E-state index in [9.17, 15) is 4.79 Å². The number of nitrogens with one attached hydrogen (secondary N) is 1. The molecule has 0 rings (SSSR count). The van der Waals surface area contributed by atoms with Gasteiger partial charge in [0, 0.05) is 0 Å². The average molecular weight is 104 g/mol. The zero-order valence-corrected chi connectivity index (χ0v) is 3.59. The third-order valence-electron chi connectivity index (χ3n) is 0.476. The SMILES string of the molecule is [NH]C(=O)[C@@H](O)CO. The van der Waals surface area contributed by atoms with Crippen molar-refractivity contribution >= 4 is 5.91 Å². The van der Waals surface area contributed by atoms with E-state index in [4.69, 9.17) is 15.9 Å². The molecule has 41 valence electrons. The fraction of sp³-hybridized carbons (Fsp3) is 0.667. The summed E-state index contributed by atoms with van der Waals surface area (Å²) >= 11 is 0. The van der Waals surface area contributed by atoms with Crippen molar-refractivity contribution in [2.24, 2.45) is 0 Å². The van der Waals surface area contributed by atoms with E-state index in [2.05, 4.69) is 0 Å². The molecule has 3 N–H and O–H groups in total. The molecule has 0 aromatic carbocycles. The summed E-state index contributed by atoms with van der Waals surface area (Å²) in [6, 6.07) is 0. The van der Waals surface area contributed by atoms with Crippen molar-refractivity contribution in [3.8, 4) is 0 Å². The highest BCUT2D eigenvalue weighted by Gasteiger charge is 2.07. The zero-order valence-electron chi connectivity index (χ0n) is 3.59. The smallest absolute Gasteiger partial charge is 0.269 e. The van der Waals surface area contributed by atoms with Crippen LogP contribution in [0.5, 0.6) is 0 Å². The predicted molar refractivity (Wildman–Crippen MR) is 21.2 cm³/mol. The van der Waals surface area contributed by atoms with Crippen LogP contribution in [0.15, 0.2) is 0 Å². The Morgan fingerprint density at radius 1 is 1.86 bits per heavy atom. The molecule has 0 spiro atoms. The van der Waals surface area contributed by atoms with Crippen molar-refractivity contribution in [2.45, 2.75) is 6.10 Å². The van der Waals surface area contributed by atoms with Crippen LogP contribution in [0.2, 0.25) is 0 Å². The Morgan fingerprint density at radius 2 is 2.29 bits per heavy atom. The summed E-state index contributed by atoms with van der Waals surface area (Å²) in [7, 11) is 0. The fourth-order valence-corrected chi connectivity index (χ4v) is 0.0829. The van der Waals surface area contributed by atoms with Gasteiger partial charge in [-0.25, -0.2) is 0 Å². The summed E-state index contributed by atoms with van der Waals surface area (Å²) < 4.78 is 0. The number of carbonyl (C=O) groups excluding carboxylic acids is 1. The van der Waals surface area contributed by atoms with Gasteiger partial charge >= 0.3 is 0 Å². The van der Waals surface area contributed by atoms with E-state index >= 15 is 0 Å². The van der Waals surface area contributed by atoms with Gasteiger partial charge in [-0.2, -0.15) is 0 Å². The Kier molecular flexibility index (Phi) is 2.32. The number of rotatable bonds is 2. The molecule has 7 heavy (non-hydrogen) atoms. The minimum Gasteiger partial charge on any atom is -0.393 e. The van der Waals surface area contributed by atoms with E-state index in [1.165, 1.54) is 0 Å². The van der Waals surface area contributed by atoms with Crippen molar-refractivity contribution < 1.29 is 15.0 Å². The van der Waals surface area contributed by atoms with Crippen molar-refractivity contribution in [3.63, 3.8) is 0 Å². The van der Waals surface area contributed by atoms with Crippen LogP contribution >= 0.6 is 0 Å².